The van der Waals surface area contributed by atoms with E-state index in [4.69, 9.17) is 4.55 Å². The van der Waals surface area contributed by atoms with Gasteiger partial charge in [0.2, 0.25) is 0 Å². The van der Waals surface area contributed by atoms with Gasteiger partial charge >= 0.3 is 0 Å². The zero-order chi connectivity index (χ0) is 21.9. The third-order valence-corrected chi connectivity index (χ3v) is 4.99. The van der Waals surface area contributed by atoms with Crippen molar-refractivity contribution in [2.75, 3.05) is 0 Å². The van der Waals surface area contributed by atoms with Crippen molar-refractivity contribution < 1.29 is 23.2 Å². The number of hydrogen-bond acceptors (Lipinski definition) is 8. The first-order valence-corrected chi connectivity index (χ1v) is 10.1. The first-order chi connectivity index (χ1) is 14.1. The van der Waals surface area contributed by atoms with Gasteiger partial charge in [-0.3, -0.25) is 4.55 Å². The van der Waals surface area contributed by atoms with E-state index in [0.717, 1.165) is 11.1 Å². The first-order valence-electron chi connectivity index (χ1n) is 8.68. The van der Waals surface area contributed by atoms with Crippen molar-refractivity contribution in [3.8, 4) is 11.5 Å². The van der Waals surface area contributed by atoms with Crippen LogP contribution in [0.25, 0.3) is 0 Å². The molecule has 3 aromatic rings. The van der Waals surface area contributed by atoms with E-state index in [1.807, 2.05) is 26.0 Å². The maximum Gasteiger partial charge on any atom is 0.294 e. The Bertz CT molecular complexity index is 1250. The molecule has 3 aromatic carbocycles. The van der Waals surface area contributed by atoms with Crippen LogP contribution in [0, 0.1) is 13.8 Å². The van der Waals surface area contributed by atoms with Crippen LogP contribution in [0.4, 0.5) is 22.7 Å². The van der Waals surface area contributed by atoms with Crippen molar-refractivity contribution in [3.05, 3.63) is 65.7 Å². The highest BCUT2D eigenvalue weighted by Gasteiger charge is 2.13. The van der Waals surface area contributed by atoms with Crippen LogP contribution < -0.4 is 0 Å². The number of nitrogens with zero attached hydrogens (tertiary/aromatic N) is 4. The Morgan fingerprint density at radius 2 is 1.40 bits per heavy atom. The molecule has 9 nitrogen and oxygen atoms in total. The van der Waals surface area contributed by atoms with Crippen LogP contribution in [-0.4, -0.2) is 23.2 Å². The predicted octanol–water partition coefficient (Wildman–Crippen LogP) is 5.79. The first kappa shape index (κ1) is 21.1. The summed E-state index contributed by atoms with van der Waals surface area (Å²) in [6.45, 7) is 3.83. The van der Waals surface area contributed by atoms with Crippen molar-refractivity contribution >= 4 is 32.9 Å². The lowest BCUT2D eigenvalue weighted by Gasteiger charge is -2.05. The molecule has 0 aliphatic heterocycles. The maximum absolute atomic E-state index is 11.1. The summed E-state index contributed by atoms with van der Waals surface area (Å²) < 4.78 is 31.1. The minimum absolute atomic E-state index is 0.0289. The Labute approximate surface area is 172 Å². The van der Waals surface area contributed by atoms with E-state index in [2.05, 4.69) is 20.5 Å². The van der Waals surface area contributed by atoms with Gasteiger partial charge in [0.05, 0.1) is 16.3 Å². The number of benzene rings is 3. The molecule has 0 aromatic heterocycles. The number of aryl methyl sites for hydroxylation is 2. The molecule has 0 spiro atoms. The van der Waals surface area contributed by atoms with E-state index >= 15 is 0 Å². The molecule has 0 radical (unpaired) electrons. The SMILES string of the molecule is Cc1ccc(/N=N/c2c(O)ccc(/N=N/c3ccc(S(=O)(=O)O)cc3)c2O)c(C)c1. The lowest BCUT2D eigenvalue weighted by Crippen LogP contribution is -1.96. The topological polar surface area (TPSA) is 144 Å². The van der Waals surface area contributed by atoms with Gasteiger partial charge in [-0.1, -0.05) is 17.7 Å². The zero-order valence-electron chi connectivity index (χ0n) is 16.1. The van der Waals surface area contributed by atoms with Crippen LogP contribution in [0.2, 0.25) is 0 Å². The molecule has 0 fully saturated rings. The van der Waals surface area contributed by atoms with E-state index in [-0.39, 0.29) is 27.7 Å². The Morgan fingerprint density at radius 3 is 2.03 bits per heavy atom. The van der Waals surface area contributed by atoms with Gasteiger partial charge in [0, 0.05) is 0 Å². The molecule has 0 heterocycles. The van der Waals surface area contributed by atoms with E-state index < -0.39 is 15.9 Å². The molecule has 0 saturated heterocycles. The Kier molecular flexibility index (Phi) is 5.90. The number of hydrogen-bond donors (Lipinski definition) is 3. The minimum atomic E-state index is -4.30. The van der Waals surface area contributed by atoms with Crippen molar-refractivity contribution in [1.29, 1.82) is 0 Å². The van der Waals surface area contributed by atoms with E-state index in [0.29, 0.717) is 5.69 Å². The minimum Gasteiger partial charge on any atom is -0.505 e. The molecule has 10 heteroatoms. The van der Waals surface area contributed by atoms with Crippen molar-refractivity contribution in [1.82, 2.24) is 0 Å². The fourth-order valence-corrected chi connectivity index (χ4v) is 3.04. The summed E-state index contributed by atoms with van der Waals surface area (Å²) in [7, 11) is -4.30. The maximum atomic E-state index is 11.1. The Balaban J connectivity index is 1.89. The third kappa shape index (κ3) is 4.85. The normalized spacial score (nSPS) is 12.1. The van der Waals surface area contributed by atoms with Crippen molar-refractivity contribution in [2.45, 2.75) is 18.7 Å². The largest absolute Gasteiger partial charge is 0.505 e. The molecule has 0 bridgehead atoms. The molecule has 0 unspecified atom stereocenters. The van der Waals surface area contributed by atoms with Gasteiger partial charge in [-0.2, -0.15) is 18.6 Å². The standard InChI is InChI=1S/C20H18N4O5S/c1-12-3-8-16(13(2)11-12)22-24-19-18(25)10-9-17(20(19)26)23-21-14-4-6-15(7-5-14)30(27,28)29/h3-11,25-26H,1-2H3,(H,27,28,29)/b23-21+,24-22+. The van der Waals surface area contributed by atoms with Gasteiger partial charge in [0.15, 0.2) is 11.4 Å². The molecule has 30 heavy (non-hydrogen) atoms. The van der Waals surface area contributed by atoms with E-state index in [9.17, 15) is 18.6 Å². The second kappa shape index (κ2) is 8.39. The summed E-state index contributed by atoms with van der Waals surface area (Å²) in [5.41, 5.74) is 2.71. The summed E-state index contributed by atoms with van der Waals surface area (Å²) >= 11 is 0. The van der Waals surface area contributed by atoms with Crippen molar-refractivity contribution in [2.24, 2.45) is 20.5 Å². The highest BCUT2D eigenvalue weighted by Crippen LogP contribution is 2.44. The van der Waals surface area contributed by atoms with Gasteiger partial charge in [0.25, 0.3) is 10.1 Å². The molecule has 0 saturated carbocycles. The van der Waals surface area contributed by atoms with Crippen LogP contribution in [-0.2, 0) is 10.1 Å². The second-order valence-corrected chi connectivity index (χ2v) is 7.88. The van der Waals surface area contributed by atoms with Gasteiger partial charge in [-0.25, -0.2) is 0 Å². The van der Waals surface area contributed by atoms with Gasteiger partial charge in [-0.05, 0) is 61.9 Å². The molecule has 0 aliphatic carbocycles. The monoisotopic (exact) mass is 426 g/mol. The highest BCUT2D eigenvalue weighted by atomic mass is 32.2. The van der Waals surface area contributed by atoms with Crippen LogP contribution in [0.1, 0.15) is 11.1 Å². The highest BCUT2D eigenvalue weighted by molar-refractivity contribution is 7.85. The Morgan fingerprint density at radius 1 is 0.767 bits per heavy atom. The second-order valence-electron chi connectivity index (χ2n) is 6.46. The third-order valence-electron chi connectivity index (χ3n) is 4.13. The molecule has 0 aliphatic rings. The van der Waals surface area contributed by atoms with Crippen LogP contribution >= 0.6 is 0 Å². The zero-order valence-corrected chi connectivity index (χ0v) is 16.9. The average Bonchev–Trinajstić information content (AvgIpc) is 2.68. The number of azo groups is 2. The number of rotatable bonds is 5. The summed E-state index contributed by atoms with van der Waals surface area (Å²) in [6, 6.07) is 13.2. The number of phenols is 2. The van der Waals surface area contributed by atoms with Gasteiger partial charge < -0.3 is 10.2 Å². The Hall–Kier alpha value is -3.63. The molecule has 3 rings (SSSR count). The van der Waals surface area contributed by atoms with Crippen LogP contribution in [0.3, 0.4) is 0 Å². The molecular weight excluding hydrogens is 408 g/mol. The predicted molar refractivity (Wildman–Crippen MR) is 110 cm³/mol. The lowest BCUT2D eigenvalue weighted by atomic mass is 10.1. The molecule has 3 N–H and O–H groups in total. The summed E-state index contributed by atoms with van der Waals surface area (Å²) in [5.74, 6) is -0.695. The quantitative estimate of drug-likeness (QED) is 0.349. The number of aromatic hydroxyl groups is 2. The fourth-order valence-electron chi connectivity index (χ4n) is 2.56. The van der Waals surface area contributed by atoms with Gasteiger partial charge in [0.1, 0.15) is 11.4 Å². The van der Waals surface area contributed by atoms with Crippen molar-refractivity contribution in [3.63, 3.8) is 0 Å². The molecule has 154 valence electrons. The number of phenolic OH excluding ortho intramolecular Hbond substituents is 2. The van der Waals surface area contributed by atoms with Crippen LogP contribution in [0.5, 0.6) is 11.5 Å². The van der Waals surface area contributed by atoms with E-state index in [1.165, 1.54) is 36.4 Å². The van der Waals surface area contributed by atoms with Gasteiger partial charge in [-0.15, -0.1) is 10.2 Å². The molecule has 0 atom stereocenters. The lowest BCUT2D eigenvalue weighted by molar-refractivity contribution is 0.453. The van der Waals surface area contributed by atoms with Crippen LogP contribution in [0.15, 0.2) is 79.9 Å². The molecule has 0 amide bonds. The summed E-state index contributed by atoms with van der Waals surface area (Å²) in [4.78, 5) is -0.275. The summed E-state index contributed by atoms with van der Waals surface area (Å²) in [6.07, 6.45) is 0. The summed E-state index contributed by atoms with van der Waals surface area (Å²) in [5, 5.41) is 36.3. The smallest absolute Gasteiger partial charge is 0.294 e. The fraction of sp³-hybridized carbons (Fsp3) is 0.100. The van der Waals surface area contributed by atoms with E-state index in [1.54, 1.807) is 6.07 Å². The average molecular weight is 426 g/mol. The molecular formula is C20H18N4O5S.